The Labute approximate surface area is 517 Å². The Morgan fingerprint density at radius 3 is 2.17 bits per heavy atom. The molecule has 30 heteroatoms. The molecule has 1 aromatic heterocycles. The van der Waals surface area contributed by atoms with Gasteiger partial charge in [-0.1, -0.05) is 26.5 Å². The number of nitrogens with zero attached hydrogens (tertiary/aromatic N) is 5. The molecule has 9 N–H and O–H groups in total. The molecule has 3 heterocycles. The molecule has 487 valence electrons. The number of esters is 1. The fourth-order valence-electron chi connectivity index (χ4n) is 8.97. The van der Waals surface area contributed by atoms with Crippen molar-refractivity contribution in [2.75, 3.05) is 125 Å². The first-order valence-corrected chi connectivity index (χ1v) is 29.3. The van der Waals surface area contributed by atoms with Gasteiger partial charge in [0.1, 0.15) is 23.9 Å². The molecule has 0 unspecified atom stereocenters. The van der Waals surface area contributed by atoms with Crippen molar-refractivity contribution in [2.45, 2.75) is 109 Å². The maximum atomic E-state index is 13.6. The summed E-state index contributed by atoms with van der Waals surface area (Å²) >= 11 is 0. The van der Waals surface area contributed by atoms with Crippen molar-refractivity contribution >= 4 is 70.2 Å². The third-order valence-electron chi connectivity index (χ3n) is 13.6. The summed E-state index contributed by atoms with van der Waals surface area (Å²) in [7, 11) is 0. The van der Waals surface area contributed by atoms with E-state index in [1.165, 1.54) is 23.9 Å². The van der Waals surface area contributed by atoms with E-state index in [0.717, 1.165) is 25.7 Å². The van der Waals surface area contributed by atoms with E-state index < -0.39 is 59.7 Å². The van der Waals surface area contributed by atoms with Crippen LogP contribution in [-0.4, -0.2) is 232 Å². The number of carbonyl (C=O) groups is 10. The number of fused-ring (bicyclic) bond motifs is 1. The number of rotatable bonds is 46. The van der Waals surface area contributed by atoms with Crippen LogP contribution in [0.4, 0.5) is 0 Å². The molecule has 2 saturated heterocycles. The molecule has 29 nitrogen and oxygen atoms in total. The number of carboxylic acids is 2. The van der Waals surface area contributed by atoms with E-state index in [-0.39, 0.29) is 140 Å². The van der Waals surface area contributed by atoms with E-state index in [2.05, 4.69) is 48.3 Å². The molecular weight excluding hydrogens is 1190 g/mol. The minimum Gasteiger partial charge on any atom is -0.621 e. The fourth-order valence-corrected chi connectivity index (χ4v) is 8.97. The second-order valence-corrected chi connectivity index (χ2v) is 20.4. The zero-order valence-electron chi connectivity index (χ0n) is 49.4. The molecule has 87 heavy (non-hydrogen) atoms. The number of carboxylic acid groups (broad SMARTS) is 2. The first-order valence-electron chi connectivity index (χ1n) is 29.3. The second-order valence-electron chi connectivity index (χ2n) is 20.4. The molecular formula is C57H85CuN12O17-. The number of pyridine rings is 1. The quantitative estimate of drug-likeness (QED) is 0.0176. The normalized spacial score (nSPS) is 14.5. The van der Waals surface area contributed by atoms with E-state index in [9.17, 15) is 58.3 Å². The molecule has 0 spiro atoms. The monoisotopic (exact) mass is 1270 g/mol. The van der Waals surface area contributed by atoms with Gasteiger partial charge in [0.2, 0.25) is 29.5 Å². The molecule has 2 aliphatic rings. The molecule has 3 atom stereocenters. The number of hydrogen-bond acceptors (Lipinski definition) is 20. The van der Waals surface area contributed by atoms with E-state index in [1.54, 1.807) is 28.0 Å². The smallest absolute Gasteiger partial charge is 0.326 e. The van der Waals surface area contributed by atoms with Crippen molar-refractivity contribution in [1.82, 2.24) is 56.9 Å². The Morgan fingerprint density at radius 1 is 0.782 bits per heavy atom. The van der Waals surface area contributed by atoms with Crippen LogP contribution in [0.3, 0.4) is 0 Å². The predicted octanol–water partition coefficient (Wildman–Crippen LogP) is -0.427. The number of carbonyl (C=O) groups excluding carboxylic acids is 8. The molecule has 2 aromatic rings. The van der Waals surface area contributed by atoms with Gasteiger partial charge in [0.15, 0.2) is 6.61 Å². The predicted molar refractivity (Wildman–Crippen MR) is 308 cm³/mol. The van der Waals surface area contributed by atoms with E-state index >= 15 is 0 Å². The van der Waals surface area contributed by atoms with Crippen LogP contribution in [0.5, 0.6) is 5.75 Å². The van der Waals surface area contributed by atoms with Gasteiger partial charge in [-0.05, 0) is 82.5 Å². The number of ether oxygens (including phenoxy) is 5. The number of cyclic esters (lactones) is 1. The summed E-state index contributed by atoms with van der Waals surface area (Å²) in [5.41, 5.74) is 0.743. The van der Waals surface area contributed by atoms with Crippen molar-refractivity contribution in [3.8, 4) is 11.8 Å². The first kappa shape index (κ1) is 74.2. The Balaban J connectivity index is 0.0000198. The maximum absolute atomic E-state index is 13.6. The van der Waals surface area contributed by atoms with Crippen LogP contribution in [0.1, 0.15) is 101 Å². The molecule has 0 bridgehead atoms. The van der Waals surface area contributed by atoms with Gasteiger partial charge in [-0.25, -0.2) is 4.79 Å². The van der Waals surface area contributed by atoms with Crippen LogP contribution in [0.15, 0.2) is 30.5 Å². The molecule has 2 fully saturated rings. The molecule has 7 amide bonds. The minimum atomic E-state index is -1.25. The number of nitriles is 1. The number of unbranched alkanes of at least 4 members (excludes halogenated alkanes) is 4. The summed E-state index contributed by atoms with van der Waals surface area (Å²) < 4.78 is 27.1. The number of nitrogens with one attached hydrogen (secondary N) is 7. The average molecular weight is 1270 g/mol. The maximum Gasteiger partial charge on any atom is 0.326 e. The van der Waals surface area contributed by atoms with Gasteiger partial charge < -0.3 is 80.9 Å². The number of aromatic nitrogens is 1. The second kappa shape index (κ2) is 43.5. The number of hydrogen-bond donors (Lipinski definition) is 9. The van der Waals surface area contributed by atoms with Crippen molar-refractivity contribution in [3.05, 3.63) is 42.8 Å². The summed E-state index contributed by atoms with van der Waals surface area (Å²) in [6.45, 7) is 6.26. The summed E-state index contributed by atoms with van der Waals surface area (Å²) in [5.74, 6) is -5.10. The SMILES string of the molecule is CCCCCC(=O)NCCCC[C@H](NC(=O)[C@H](CCCCNC(=O)CN(CCNCC(=O)O)CCN1[CH-]OC(=O)C1)NC(=O)CCOCCOCCOCCNC(=O)COc1ccc2c(C(=O)NCC(=O)N3CCC[C@H]3C#N)ccnc2c1)C(=O)O.[Cu]. The van der Waals surface area contributed by atoms with Gasteiger partial charge in [-0.15, -0.1) is 0 Å². The Kier molecular flexibility index (Phi) is 37.1. The van der Waals surface area contributed by atoms with Gasteiger partial charge in [0.25, 0.3) is 17.8 Å². The molecule has 2 aliphatic heterocycles. The van der Waals surface area contributed by atoms with Crippen LogP contribution in [0, 0.1) is 18.1 Å². The molecule has 1 aromatic carbocycles. The van der Waals surface area contributed by atoms with Crippen molar-refractivity contribution in [3.63, 3.8) is 0 Å². The van der Waals surface area contributed by atoms with Crippen molar-refractivity contribution < 1.29 is 98.9 Å². The Morgan fingerprint density at radius 2 is 1.48 bits per heavy atom. The molecule has 1 radical (unpaired) electrons. The number of aliphatic carboxylic acids is 2. The van der Waals surface area contributed by atoms with Gasteiger partial charge in [-0.3, -0.25) is 53.0 Å². The van der Waals surface area contributed by atoms with E-state index in [4.69, 9.17) is 28.8 Å². The zero-order chi connectivity index (χ0) is 62.3. The topological polar surface area (TPSA) is 388 Å². The van der Waals surface area contributed by atoms with E-state index in [0.29, 0.717) is 100 Å². The Hall–Kier alpha value is -7.10. The van der Waals surface area contributed by atoms with Crippen molar-refractivity contribution in [1.29, 1.82) is 5.26 Å². The van der Waals surface area contributed by atoms with Crippen LogP contribution >= 0.6 is 0 Å². The zero-order valence-corrected chi connectivity index (χ0v) is 50.3. The summed E-state index contributed by atoms with van der Waals surface area (Å²) in [5, 5.41) is 47.8. The Bertz CT molecular complexity index is 2560. The summed E-state index contributed by atoms with van der Waals surface area (Å²) in [6, 6.07) is 5.63. The van der Waals surface area contributed by atoms with Crippen LogP contribution < -0.4 is 42.0 Å². The van der Waals surface area contributed by atoms with Crippen molar-refractivity contribution in [2.24, 2.45) is 0 Å². The molecule has 0 saturated carbocycles. The number of benzene rings is 1. The van der Waals surface area contributed by atoms with Crippen LogP contribution in [0.25, 0.3) is 10.9 Å². The van der Waals surface area contributed by atoms with E-state index in [1.807, 2.05) is 6.92 Å². The number of likely N-dealkylation sites (tertiary alicyclic amines) is 1. The molecule has 0 aliphatic carbocycles. The minimum absolute atomic E-state index is 0. The largest absolute Gasteiger partial charge is 0.621 e. The first-order chi connectivity index (χ1) is 41.6. The fraction of sp³-hybridized carbons (Fsp3) is 0.632. The summed E-state index contributed by atoms with van der Waals surface area (Å²) in [4.78, 5) is 134. The third-order valence-corrected chi connectivity index (χ3v) is 13.6. The van der Waals surface area contributed by atoms with Gasteiger partial charge in [-0.2, -0.15) is 5.26 Å². The van der Waals surface area contributed by atoms with Gasteiger partial charge >= 0.3 is 11.9 Å². The summed E-state index contributed by atoms with van der Waals surface area (Å²) in [6.07, 6.45) is 7.69. The van der Waals surface area contributed by atoms with Crippen LogP contribution in [-0.2, 0) is 79.2 Å². The van der Waals surface area contributed by atoms with Gasteiger partial charge in [0, 0.05) is 93.4 Å². The van der Waals surface area contributed by atoms with Crippen LogP contribution in [0.2, 0.25) is 0 Å². The average Bonchev–Trinajstić information content (AvgIpc) is 3.11. The standard InChI is InChI=1S/C57H85N12O17.Cu/c1-2-3-4-13-48(70)61-18-8-6-12-46(57(80)81)66-56(79)45(11-5-7-19-62-50(72)37-67(24-21-59-36-53(75)76)25-26-68-38-54(77)86-40-68)65-49(71)17-27-82-29-31-84-32-30-83-28-22-63-51(73)39-85-42-14-15-43-44(16-20-60-47(43)33-42)55(78)64-35-52(74)69-23-9-10-41(69)34-58;/h14-16,20,33,40-41,45-46,59H,2-13,17-19,21-32,35-39H2,1H3,(H,61,70)(H,62,72)(H,63,73)(H,64,78)(H,65,71)(H,66,79)(H,75,76)(H,80,81);/q-1;/t41-,45-,46-;/m0./s1. The molecule has 4 rings (SSSR count). The number of amides is 7. The van der Waals surface area contributed by atoms with Gasteiger partial charge in [0.05, 0.1) is 83.0 Å². The third kappa shape index (κ3) is 30.9.